The molecule has 0 saturated carbocycles. The van der Waals surface area contributed by atoms with E-state index >= 15 is 0 Å². The molecule has 0 aliphatic carbocycles. The van der Waals surface area contributed by atoms with Crippen molar-refractivity contribution in [3.05, 3.63) is 34.1 Å². The fourth-order valence-corrected chi connectivity index (χ4v) is 3.65. The Morgan fingerprint density at radius 3 is 3.24 bits per heavy atom. The highest BCUT2D eigenvalue weighted by Gasteiger charge is 2.32. The maximum Gasteiger partial charge on any atom is 0.128 e. The van der Waals surface area contributed by atoms with Gasteiger partial charge in [0.25, 0.3) is 0 Å². The molecule has 1 aromatic rings. The molecule has 2 saturated heterocycles. The van der Waals surface area contributed by atoms with Crippen LogP contribution in [-0.4, -0.2) is 43.3 Å². The highest BCUT2D eigenvalue weighted by atomic mass is 79.9. The first kappa shape index (κ1) is 15.4. The van der Waals surface area contributed by atoms with Gasteiger partial charge in [-0.2, -0.15) is 0 Å². The van der Waals surface area contributed by atoms with Crippen molar-refractivity contribution in [2.75, 3.05) is 26.2 Å². The number of halogens is 2. The maximum atomic E-state index is 13.9. The summed E-state index contributed by atoms with van der Waals surface area (Å²) in [5, 5.41) is 3.40. The Balaban J connectivity index is 1.53. The van der Waals surface area contributed by atoms with E-state index in [0.29, 0.717) is 11.6 Å². The molecule has 0 amide bonds. The standard InChI is InChI=1S/C16H22BrFN2O/c1-11(15-7-12(17)4-5-16(15)18)19-8-14-9-20-6-2-3-13(20)10-21-14/h4-5,7,11,13-14,19H,2-3,6,8-10H2,1H3. The minimum absolute atomic E-state index is 0.0256. The molecule has 0 radical (unpaired) electrons. The van der Waals surface area contributed by atoms with Gasteiger partial charge in [0.1, 0.15) is 5.82 Å². The Labute approximate surface area is 134 Å². The molecule has 1 N–H and O–H groups in total. The van der Waals surface area contributed by atoms with Crippen LogP contribution in [0.4, 0.5) is 4.39 Å². The van der Waals surface area contributed by atoms with E-state index in [2.05, 4.69) is 26.1 Å². The number of fused-ring (bicyclic) bond motifs is 1. The molecule has 3 rings (SSSR count). The topological polar surface area (TPSA) is 24.5 Å². The second kappa shape index (κ2) is 6.73. The van der Waals surface area contributed by atoms with Crippen LogP contribution in [-0.2, 0) is 4.74 Å². The molecule has 2 aliphatic rings. The number of morpholine rings is 1. The van der Waals surface area contributed by atoms with Gasteiger partial charge in [0.2, 0.25) is 0 Å². The number of nitrogens with one attached hydrogen (secondary N) is 1. The first-order valence-corrected chi connectivity index (χ1v) is 8.47. The summed E-state index contributed by atoms with van der Waals surface area (Å²) in [5.74, 6) is -0.164. The highest BCUT2D eigenvalue weighted by molar-refractivity contribution is 9.10. The van der Waals surface area contributed by atoms with Crippen molar-refractivity contribution in [3.8, 4) is 0 Å². The van der Waals surface area contributed by atoms with Crippen molar-refractivity contribution in [2.45, 2.75) is 38.0 Å². The van der Waals surface area contributed by atoms with Crippen LogP contribution in [0.2, 0.25) is 0 Å². The van der Waals surface area contributed by atoms with Crippen LogP contribution in [0.5, 0.6) is 0 Å². The number of hydrogen-bond acceptors (Lipinski definition) is 3. The molecule has 116 valence electrons. The number of benzene rings is 1. The molecule has 2 heterocycles. The van der Waals surface area contributed by atoms with Crippen LogP contribution in [0, 0.1) is 5.82 Å². The van der Waals surface area contributed by atoms with Gasteiger partial charge in [-0.25, -0.2) is 4.39 Å². The highest BCUT2D eigenvalue weighted by Crippen LogP contribution is 2.24. The predicted octanol–water partition coefficient (Wildman–Crippen LogP) is 3.10. The molecular weight excluding hydrogens is 335 g/mol. The Morgan fingerprint density at radius 2 is 2.38 bits per heavy atom. The van der Waals surface area contributed by atoms with Crippen molar-refractivity contribution in [1.82, 2.24) is 10.2 Å². The summed E-state index contributed by atoms with van der Waals surface area (Å²) >= 11 is 3.40. The fourth-order valence-electron chi connectivity index (χ4n) is 3.27. The SMILES string of the molecule is CC(NCC1CN2CCCC2CO1)c1cc(Br)ccc1F. The summed E-state index contributed by atoms with van der Waals surface area (Å²) in [4.78, 5) is 2.53. The Kier molecular flexibility index (Phi) is 4.94. The maximum absolute atomic E-state index is 13.9. The van der Waals surface area contributed by atoms with Crippen molar-refractivity contribution < 1.29 is 9.13 Å². The average Bonchev–Trinajstić information content (AvgIpc) is 2.94. The molecule has 0 aromatic heterocycles. The lowest BCUT2D eigenvalue weighted by molar-refractivity contribution is -0.0477. The van der Waals surface area contributed by atoms with Crippen LogP contribution < -0.4 is 5.32 Å². The zero-order valence-corrected chi connectivity index (χ0v) is 13.9. The van der Waals surface area contributed by atoms with Gasteiger partial charge in [-0.15, -0.1) is 0 Å². The number of hydrogen-bond donors (Lipinski definition) is 1. The van der Waals surface area contributed by atoms with E-state index in [9.17, 15) is 4.39 Å². The van der Waals surface area contributed by atoms with Gasteiger partial charge in [-0.05, 0) is 44.5 Å². The van der Waals surface area contributed by atoms with E-state index in [1.165, 1.54) is 25.5 Å². The van der Waals surface area contributed by atoms with Gasteiger partial charge in [0.05, 0.1) is 12.7 Å². The zero-order chi connectivity index (χ0) is 14.8. The first-order chi connectivity index (χ1) is 10.1. The summed E-state index contributed by atoms with van der Waals surface area (Å²) in [6.07, 6.45) is 2.75. The minimum Gasteiger partial charge on any atom is -0.374 e. The summed E-state index contributed by atoms with van der Waals surface area (Å²) in [6.45, 7) is 5.78. The molecule has 21 heavy (non-hydrogen) atoms. The quantitative estimate of drug-likeness (QED) is 0.896. The normalized spacial score (nSPS) is 27.6. The van der Waals surface area contributed by atoms with Crippen molar-refractivity contribution in [3.63, 3.8) is 0 Å². The molecule has 3 nitrogen and oxygen atoms in total. The lowest BCUT2D eigenvalue weighted by Crippen LogP contribution is -2.49. The molecule has 5 heteroatoms. The van der Waals surface area contributed by atoms with Gasteiger partial charge in [0, 0.05) is 35.2 Å². The van der Waals surface area contributed by atoms with Gasteiger partial charge in [-0.3, -0.25) is 4.90 Å². The summed E-state index contributed by atoms with van der Waals surface area (Å²) in [7, 11) is 0. The second-order valence-corrected chi connectivity index (χ2v) is 6.96. The molecule has 1 aromatic carbocycles. The van der Waals surface area contributed by atoms with E-state index in [1.54, 1.807) is 6.07 Å². The molecule has 0 spiro atoms. The van der Waals surface area contributed by atoms with Gasteiger partial charge < -0.3 is 10.1 Å². The predicted molar refractivity (Wildman–Crippen MR) is 84.9 cm³/mol. The second-order valence-electron chi connectivity index (χ2n) is 6.04. The molecular formula is C16H22BrFN2O. The zero-order valence-electron chi connectivity index (χ0n) is 12.3. The number of rotatable bonds is 4. The number of nitrogens with zero attached hydrogens (tertiary/aromatic N) is 1. The van der Waals surface area contributed by atoms with Crippen molar-refractivity contribution in [1.29, 1.82) is 0 Å². The van der Waals surface area contributed by atoms with E-state index < -0.39 is 0 Å². The monoisotopic (exact) mass is 356 g/mol. The minimum atomic E-state index is -0.164. The van der Waals surface area contributed by atoms with E-state index in [0.717, 1.165) is 24.2 Å². The summed E-state index contributed by atoms with van der Waals surface area (Å²) in [5.41, 5.74) is 0.694. The molecule has 3 atom stereocenters. The van der Waals surface area contributed by atoms with E-state index in [1.807, 2.05) is 13.0 Å². The Hall–Kier alpha value is -0.490. The fraction of sp³-hybridized carbons (Fsp3) is 0.625. The first-order valence-electron chi connectivity index (χ1n) is 7.67. The van der Waals surface area contributed by atoms with Crippen LogP contribution in [0.1, 0.15) is 31.4 Å². The third-order valence-corrected chi connectivity index (χ3v) is 5.03. The van der Waals surface area contributed by atoms with Crippen LogP contribution in [0.15, 0.2) is 22.7 Å². The largest absolute Gasteiger partial charge is 0.374 e. The number of ether oxygens (including phenoxy) is 1. The van der Waals surface area contributed by atoms with Crippen LogP contribution in [0.25, 0.3) is 0 Å². The smallest absolute Gasteiger partial charge is 0.128 e. The van der Waals surface area contributed by atoms with Crippen molar-refractivity contribution in [2.24, 2.45) is 0 Å². The summed E-state index contributed by atoms with van der Waals surface area (Å²) in [6, 6.07) is 5.67. The van der Waals surface area contributed by atoms with Gasteiger partial charge in [0.15, 0.2) is 0 Å². The summed E-state index contributed by atoms with van der Waals surface area (Å²) < 4.78 is 20.7. The van der Waals surface area contributed by atoms with E-state index in [4.69, 9.17) is 4.74 Å². The van der Waals surface area contributed by atoms with Crippen molar-refractivity contribution >= 4 is 15.9 Å². The third kappa shape index (κ3) is 3.65. The van der Waals surface area contributed by atoms with E-state index in [-0.39, 0.29) is 18.0 Å². The third-order valence-electron chi connectivity index (χ3n) is 4.54. The van der Waals surface area contributed by atoms with Crippen LogP contribution in [0.3, 0.4) is 0 Å². The Bertz CT molecular complexity index is 499. The van der Waals surface area contributed by atoms with Gasteiger partial charge >= 0.3 is 0 Å². The lowest BCUT2D eigenvalue weighted by Gasteiger charge is -2.35. The molecule has 0 bridgehead atoms. The van der Waals surface area contributed by atoms with Crippen LogP contribution >= 0.6 is 15.9 Å². The molecule has 2 fully saturated rings. The molecule has 3 unspecified atom stereocenters. The van der Waals surface area contributed by atoms with Gasteiger partial charge in [-0.1, -0.05) is 15.9 Å². The Morgan fingerprint density at radius 1 is 1.52 bits per heavy atom. The average molecular weight is 357 g/mol. The lowest BCUT2D eigenvalue weighted by atomic mass is 10.1. The molecule has 2 aliphatic heterocycles.